The molecule has 3 aliphatic rings. The van der Waals surface area contributed by atoms with Crippen molar-refractivity contribution in [2.45, 2.75) is 25.3 Å². The first-order valence-corrected chi connectivity index (χ1v) is 12.1. The third-order valence-electron chi connectivity index (χ3n) is 6.45. The number of pyridine rings is 1. The summed E-state index contributed by atoms with van der Waals surface area (Å²) in [5.41, 5.74) is 1.33. The lowest BCUT2D eigenvalue weighted by molar-refractivity contribution is -0.134. The van der Waals surface area contributed by atoms with Gasteiger partial charge < -0.3 is 9.47 Å². The van der Waals surface area contributed by atoms with Crippen LogP contribution >= 0.6 is 24.0 Å². The van der Waals surface area contributed by atoms with Gasteiger partial charge in [0.1, 0.15) is 10.1 Å². The minimum absolute atomic E-state index is 0.0137. The number of carbonyl (C=O) groups is 2. The lowest BCUT2D eigenvalue weighted by Crippen LogP contribution is -2.49. The van der Waals surface area contributed by atoms with Gasteiger partial charge in [0.25, 0.3) is 11.5 Å². The van der Waals surface area contributed by atoms with Crippen LogP contribution in [-0.2, 0) is 16.1 Å². The number of halogens is 1. The normalized spacial score (nSPS) is 23.2. The van der Waals surface area contributed by atoms with Crippen LogP contribution in [0.25, 0.3) is 6.08 Å². The van der Waals surface area contributed by atoms with Crippen LogP contribution in [0, 0.1) is 11.7 Å². The molecule has 170 valence electrons. The first kappa shape index (κ1) is 22.0. The molecular formula is C24H22FN3O3S2. The molecule has 0 saturated carbocycles. The van der Waals surface area contributed by atoms with Crippen LogP contribution in [0.2, 0.25) is 0 Å². The summed E-state index contributed by atoms with van der Waals surface area (Å²) in [5.74, 6) is -0.331. The Balaban J connectivity index is 1.24. The molecule has 2 amide bonds. The number of piperidine rings is 1. The molecule has 9 heteroatoms. The highest BCUT2D eigenvalue weighted by Gasteiger charge is 2.37. The van der Waals surface area contributed by atoms with E-state index in [1.165, 1.54) is 17.0 Å². The fraction of sp³-hybridized carbons (Fsp3) is 0.333. The largest absolute Gasteiger partial charge is 0.342 e. The lowest BCUT2D eigenvalue weighted by atomic mass is 9.83. The maximum Gasteiger partial charge on any atom is 0.266 e. The number of hydrogen-bond acceptors (Lipinski definition) is 5. The molecule has 1 aromatic carbocycles. The van der Waals surface area contributed by atoms with E-state index in [9.17, 15) is 18.8 Å². The topological polar surface area (TPSA) is 62.6 Å². The number of likely N-dealkylation sites (tertiary alicyclic amines) is 1. The zero-order chi connectivity index (χ0) is 23.1. The molecule has 4 heterocycles. The second kappa shape index (κ2) is 8.87. The van der Waals surface area contributed by atoms with Gasteiger partial charge in [-0.25, -0.2) is 4.39 Å². The van der Waals surface area contributed by atoms with E-state index in [1.54, 1.807) is 30.3 Å². The molecule has 0 aliphatic carbocycles. The fourth-order valence-corrected chi connectivity index (χ4v) is 6.19. The van der Waals surface area contributed by atoms with E-state index in [2.05, 4.69) is 0 Å². The van der Waals surface area contributed by atoms with Crippen LogP contribution in [0.5, 0.6) is 0 Å². The number of carbonyl (C=O) groups excluding carboxylic acids is 2. The van der Waals surface area contributed by atoms with E-state index < -0.39 is 5.82 Å². The number of aromatic nitrogens is 1. The average molecular weight is 484 g/mol. The van der Waals surface area contributed by atoms with Gasteiger partial charge in [-0.15, -0.1) is 0 Å². The summed E-state index contributed by atoms with van der Waals surface area (Å²) in [6.45, 7) is 2.01. The van der Waals surface area contributed by atoms with Crippen LogP contribution in [0.3, 0.4) is 0 Å². The van der Waals surface area contributed by atoms with E-state index in [-0.39, 0.29) is 42.2 Å². The molecule has 2 aromatic rings. The number of hydrogen-bond donors (Lipinski definition) is 0. The van der Waals surface area contributed by atoms with Gasteiger partial charge in [0.15, 0.2) is 0 Å². The predicted octanol–water partition coefficient (Wildman–Crippen LogP) is 3.22. The van der Waals surface area contributed by atoms with Crippen molar-refractivity contribution in [1.29, 1.82) is 0 Å². The molecular weight excluding hydrogens is 461 g/mol. The Kier molecular flexibility index (Phi) is 5.92. The maximum absolute atomic E-state index is 14.0. The monoisotopic (exact) mass is 483 g/mol. The molecule has 2 saturated heterocycles. The second-order valence-corrected chi connectivity index (χ2v) is 10.3. The zero-order valence-electron chi connectivity index (χ0n) is 17.8. The molecule has 3 aliphatic heterocycles. The van der Waals surface area contributed by atoms with Gasteiger partial charge in [0.05, 0.1) is 4.91 Å². The number of fused-ring (bicyclic) bond motifs is 4. The summed E-state index contributed by atoms with van der Waals surface area (Å²) in [5, 5.41) is 0. The minimum atomic E-state index is -0.405. The van der Waals surface area contributed by atoms with Crippen molar-refractivity contribution < 1.29 is 14.0 Å². The van der Waals surface area contributed by atoms with E-state index in [0.717, 1.165) is 23.9 Å². The van der Waals surface area contributed by atoms with Crippen molar-refractivity contribution in [1.82, 2.24) is 14.4 Å². The highest BCUT2D eigenvalue weighted by Crippen LogP contribution is 2.36. The van der Waals surface area contributed by atoms with E-state index in [0.29, 0.717) is 34.4 Å². The van der Waals surface area contributed by atoms with Gasteiger partial charge in [-0.05, 0) is 30.5 Å². The molecule has 2 bridgehead atoms. The number of thiocarbonyl (C=S) groups is 1. The SMILES string of the molecule is O=C(CCN1C(=O)/C(=C\c2ccccc2F)SC1=S)N1CC2C[C@@H](C1)Cn1c2cccc1=O. The van der Waals surface area contributed by atoms with Crippen molar-refractivity contribution in [3.05, 3.63) is 74.8 Å². The van der Waals surface area contributed by atoms with Gasteiger partial charge in [-0.3, -0.25) is 19.3 Å². The summed E-state index contributed by atoms with van der Waals surface area (Å²) < 4.78 is 16.2. The van der Waals surface area contributed by atoms with Crippen LogP contribution in [0.4, 0.5) is 4.39 Å². The Morgan fingerprint density at radius 2 is 1.94 bits per heavy atom. The molecule has 0 N–H and O–H groups in total. The summed E-state index contributed by atoms with van der Waals surface area (Å²) in [7, 11) is 0. The van der Waals surface area contributed by atoms with Gasteiger partial charge in [0, 0.05) is 55.8 Å². The molecule has 2 fully saturated rings. The Bertz CT molecular complexity index is 1240. The van der Waals surface area contributed by atoms with E-state index >= 15 is 0 Å². The molecule has 1 unspecified atom stereocenters. The third-order valence-corrected chi connectivity index (χ3v) is 7.82. The minimum Gasteiger partial charge on any atom is -0.342 e. The average Bonchev–Trinajstić information content (AvgIpc) is 3.06. The van der Waals surface area contributed by atoms with Gasteiger partial charge >= 0.3 is 0 Å². The summed E-state index contributed by atoms with van der Waals surface area (Å²) >= 11 is 6.47. The first-order chi connectivity index (χ1) is 15.9. The summed E-state index contributed by atoms with van der Waals surface area (Å²) in [6.07, 6.45) is 2.64. The Hall–Kier alpha value is -2.78. The van der Waals surface area contributed by atoms with Crippen molar-refractivity contribution in [2.24, 2.45) is 5.92 Å². The van der Waals surface area contributed by atoms with Crippen LogP contribution < -0.4 is 5.56 Å². The van der Waals surface area contributed by atoms with Gasteiger partial charge in [0.2, 0.25) is 5.91 Å². The van der Waals surface area contributed by atoms with Crippen molar-refractivity contribution in [3.63, 3.8) is 0 Å². The number of amides is 2. The summed E-state index contributed by atoms with van der Waals surface area (Å²) in [6, 6.07) is 11.6. The number of rotatable bonds is 4. The number of nitrogens with zero attached hydrogens (tertiary/aromatic N) is 3. The predicted molar refractivity (Wildman–Crippen MR) is 129 cm³/mol. The molecule has 33 heavy (non-hydrogen) atoms. The van der Waals surface area contributed by atoms with Crippen LogP contribution in [0.1, 0.15) is 30.0 Å². The Morgan fingerprint density at radius 3 is 2.76 bits per heavy atom. The van der Waals surface area contributed by atoms with Gasteiger partial charge in [-0.1, -0.05) is 48.2 Å². The Labute approximate surface area is 200 Å². The van der Waals surface area contributed by atoms with Crippen molar-refractivity contribution in [3.8, 4) is 0 Å². The first-order valence-electron chi connectivity index (χ1n) is 10.9. The molecule has 2 atom stereocenters. The highest BCUT2D eigenvalue weighted by atomic mass is 32.2. The summed E-state index contributed by atoms with van der Waals surface area (Å²) in [4.78, 5) is 41.6. The number of thioether (sulfide) groups is 1. The van der Waals surface area contributed by atoms with Gasteiger partial charge in [-0.2, -0.15) is 0 Å². The smallest absolute Gasteiger partial charge is 0.266 e. The molecule has 0 radical (unpaired) electrons. The fourth-order valence-electron chi connectivity index (χ4n) is 4.89. The quantitative estimate of drug-likeness (QED) is 0.494. The maximum atomic E-state index is 14.0. The molecule has 1 aromatic heterocycles. The Morgan fingerprint density at radius 1 is 1.12 bits per heavy atom. The molecule has 0 spiro atoms. The second-order valence-electron chi connectivity index (χ2n) is 8.60. The number of benzene rings is 1. The van der Waals surface area contributed by atoms with Crippen molar-refractivity contribution in [2.75, 3.05) is 19.6 Å². The lowest BCUT2D eigenvalue weighted by Gasteiger charge is -2.42. The zero-order valence-corrected chi connectivity index (χ0v) is 19.4. The highest BCUT2D eigenvalue weighted by molar-refractivity contribution is 8.26. The van der Waals surface area contributed by atoms with E-state index in [4.69, 9.17) is 12.2 Å². The standard InChI is InChI=1S/C24H22FN3O3S2/c25-18-5-2-1-4-16(18)11-20-23(31)27(24(32)33-20)9-8-21(29)26-12-15-10-17(14-26)19-6-3-7-22(30)28(19)13-15/h1-7,11,15,17H,8-10,12-14H2/b20-11+/t15-,17?/m0/s1. The van der Waals surface area contributed by atoms with Crippen molar-refractivity contribution >= 4 is 46.2 Å². The molecule has 6 nitrogen and oxygen atoms in total. The molecule has 5 rings (SSSR count). The third kappa shape index (κ3) is 4.27. The van der Waals surface area contributed by atoms with Crippen LogP contribution in [0.15, 0.2) is 52.2 Å². The van der Waals surface area contributed by atoms with Crippen LogP contribution in [-0.4, -0.2) is 50.1 Å². The van der Waals surface area contributed by atoms with E-state index in [1.807, 2.05) is 15.5 Å².